The molecule has 0 saturated heterocycles. The van der Waals surface area contributed by atoms with Crippen LogP contribution in [0.1, 0.15) is 242 Å². The van der Waals surface area contributed by atoms with Gasteiger partial charge >= 0.3 is 53.3 Å². The van der Waals surface area contributed by atoms with E-state index in [1.54, 1.807) is 13.8 Å². The second kappa shape index (κ2) is 67.5. The highest BCUT2D eigenvalue weighted by atomic mass is 28.4. The number of allylic oxidation sites excluding steroid dienone is 2. The van der Waals surface area contributed by atoms with Gasteiger partial charge in [0.1, 0.15) is 34.8 Å². The zero-order chi connectivity index (χ0) is 103. The van der Waals surface area contributed by atoms with Gasteiger partial charge < -0.3 is 91.4 Å². The van der Waals surface area contributed by atoms with Crippen molar-refractivity contribution in [3.05, 3.63) is 111 Å². The molecule has 12 amide bonds. The van der Waals surface area contributed by atoms with Crippen molar-refractivity contribution in [3.63, 3.8) is 0 Å². The molecule has 0 bridgehead atoms. The number of aromatic nitrogens is 7. The molecular weight excluding hydrogens is 1890 g/mol. The Kier molecular flexibility index (Phi) is 59.4. The molecule has 3 aromatic rings. The third-order valence-corrected chi connectivity index (χ3v) is 46.6. The molecule has 0 spiro atoms. The Morgan fingerprint density at radius 1 is 0.307 bits per heavy atom. The van der Waals surface area contributed by atoms with Crippen molar-refractivity contribution in [1.82, 2.24) is 103 Å². The molecule has 0 fully saturated rings. The number of carbonyl (C=O) groups is 9. The number of H-pyrrole nitrogens is 2. The first-order chi connectivity index (χ1) is 66.3. The van der Waals surface area contributed by atoms with Gasteiger partial charge in [0.05, 0.1) is 19.3 Å². The Morgan fingerprint density at radius 3 is 0.829 bits per heavy atom. The predicted molar refractivity (Wildman–Crippen MR) is 572 cm³/mol. The molecule has 1 aliphatic heterocycles. The van der Waals surface area contributed by atoms with E-state index < -0.39 is 79.0 Å². The summed E-state index contributed by atoms with van der Waals surface area (Å²) in [6.07, 6.45) is 28.2. The molecule has 792 valence electrons. The number of amides is 12. The van der Waals surface area contributed by atoms with Crippen LogP contribution in [0.25, 0.3) is 0 Å². The van der Waals surface area contributed by atoms with Gasteiger partial charge in [0, 0.05) is 152 Å². The first kappa shape index (κ1) is 123. The topological polar surface area (TPSA) is 508 Å². The van der Waals surface area contributed by atoms with Crippen molar-refractivity contribution >= 4 is 109 Å². The number of hydrogen-bond acceptors (Lipinski definition) is 21. The second-order valence-electron chi connectivity index (χ2n) is 41.1. The number of ketones is 3. The van der Waals surface area contributed by atoms with Crippen molar-refractivity contribution < 1.29 is 55.5 Å². The lowest BCUT2D eigenvalue weighted by atomic mass is 10.1. The van der Waals surface area contributed by atoms with Crippen molar-refractivity contribution in [2.45, 2.75) is 380 Å². The van der Waals surface area contributed by atoms with Crippen molar-refractivity contribution in [2.24, 2.45) is 4.99 Å². The van der Waals surface area contributed by atoms with Crippen LogP contribution in [-0.4, -0.2) is 221 Å². The Hall–Kier alpha value is -9.07. The summed E-state index contributed by atoms with van der Waals surface area (Å²) in [4.78, 5) is 198. The normalized spacial score (nSPS) is 12.5. The van der Waals surface area contributed by atoms with Gasteiger partial charge in [0.25, 0.3) is 11.1 Å². The number of Topliss-reactive ketones (excluding diaryl/α,β-unsaturated/α-hetero) is 3. The molecule has 0 radical (unpaired) electrons. The van der Waals surface area contributed by atoms with Gasteiger partial charge in [-0.3, -0.25) is 24.0 Å². The molecule has 0 aliphatic carbocycles. The molecule has 3 aromatic heterocycles. The van der Waals surface area contributed by atoms with E-state index in [2.05, 4.69) is 179 Å². The van der Waals surface area contributed by atoms with Gasteiger partial charge in [-0.2, -0.15) is 0 Å². The number of nitrogens with one attached hydrogen (secondary N) is 15. The number of carbonyl (C=O) groups excluding carboxylic acids is 9. The molecule has 1 aliphatic rings. The predicted octanol–water partition coefficient (Wildman–Crippen LogP) is 13.5. The maximum absolute atomic E-state index is 14.1. The van der Waals surface area contributed by atoms with Crippen LogP contribution >= 0.6 is 0 Å². The molecule has 4 heterocycles. The molecule has 140 heavy (non-hydrogen) atoms. The minimum absolute atomic E-state index is 0.00318. The second-order valence-corrected chi connectivity index (χ2v) is 67.6. The quantitative estimate of drug-likeness (QED) is 0.0184. The largest absolute Gasteiger partial charge is 0.455 e. The maximum Gasteiger partial charge on any atom is 0.336 e. The number of unbranched alkanes of at least 4 members (excludes halogenated alkanes) is 19. The molecule has 0 unspecified atom stereocenters. The molecule has 44 heteroatoms. The van der Waals surface area contributed by atoms with Crippen molar-refractivity contribution in [1.29, 1.82) is 0 Å². The summed E-state index contributed by atoms with van der Waals surface area (Å²) in [5.74, 6) is 1.72. The molecule has 38 nitrogen and oxygen atoms in total. The first-order valence-electron chi connectivity index (χ1n) is 51.8. The lowest BCUT2D eigenvalue weighted by Crippen LogP contribution is -2.56. The molecule has 0 saturated carbocycles. The van der Waals surface area contributed by atoms with Crippen LogP contribution in [0.2, 0.25) is 115 Å². The lowest BCUT2D eigenvalue weighted by Gasteiger charge is -2.34. The lowest BCUT2D eigenvalue weighted by molar-refractivity contribution is -0.119. The number of urea groups is 6. The van der Waals surface area contributed by atoms with Gasteiger partial charge in [-0.05, 0) is 232 Å². The summed E-state index contributed by atoms with van der Waals surface area (Å²) < 4.78 is 23.5. The molecule has 0 aromatic carbocycles. The minimum atomic E-state index is -2.17. The Labute approximate surface area is 837 Å². The summed E-state index contributed by atoms with van der Waals surface area (Å²) in [6.45, 7) is 40.2. The molecular formula is C96H177N21O17Si6. The van der Waals surface area contributed by atoms with Crippen LogP contribution in [0.5, 0.6) is 0 Å². The Bertz CT molecular complexity index is 4710. The smallest absolute Gasteiger partial charge is 0.336 e. The van der Waals surface area contributed by atoms with Gasteiger partial charge in [-0.15, -0.1) is 0 Å². The number of amidine groups is 1. The summed E-state index contributed by atoms with van der Waals surface area (Å²) in [5, 5.41) is 38.0. The highest BCUT2D eigenvalue weighted by molar-refractivity contribution is 6.86. The van der Waals surface area contributed by atoms with Crippen molar-refractivity contribution in [3.8, 4) is 0 Å². The van der Waals surface area contributed by atoms with E-state index in [0.29, 0.717) is 152 Å². The number of aromatic amines is 2. The van der Waals surface area contributed by atoms with Crippen LogP contribution in [0.3, 0.4) is 0 Å². The van der Waals surface area contributed by atoms with E-state index in [4.69, 9.17) is 12.3 Å². The standard InChI is InChI=1S/C96H177N21O17Si6/c1-76-70-77(2)110-83(109-76)73-80(118)46-31-21-17-24-34-49-97-88(123)102-54-41-65-136(7,8)132-135(5,6)64-40-30-20-27-37-52-101-92(127)107-59-62-116-94(129)115(61-39-29-28-38-53-100-91(126)105-57-44-68-138(11,12)133-137(9,10)66-42-55-103-89(124)98-50-35-25-18-22-32-47-81(119)74-84-111-78(3)71-86(121)113-84)95(130)117(96(116)131)63-60-108-93(128)106-58-45-69-140(15,16)134-139(13,14)67-43-56-104-90(125)99-51-36-26-19-23-33-48-82(120)75-85-112-79(4)72-87(122)114-85/h70-72H,1,17-69,73-75H2,2-16H3,(H,109,110)(H2,97,102,123)(H2,98,103,124)(H2,99,104,125)(H2,100,105,126)(H2,101,107,127)(H2,106,108,128)(H,111,113,121)(H,112,114,122). The van der Waals surface area contributed by atoms with Gasteiger partial charge in [-0.25, -0.2) is 71.8 Å². The third kappa shape index (κ3) is 59.7. The summed E-state index contributed by atoms with van der Waals surface area (Å²) in [7, 11) is -12.3. The fraction of sp³-hybridized carbons (Fsp3) is 0.740. The number of aliphatic imine (C=N–C) groups is 1. The average molecular weight is 2070 g/mol. The number of hydrogen-bond donors (Lipinski definition) is 15. The van der Waals surface area contributed by atoms with E-state index in [9.17, 15) is 67.1 Å². The Morgan fingerprint density at radius 2 is 0.543 bits per heavy atom. The number of aryl methyl sites for hydroxylation is 2. The SMILES string of the molecule is C=C1C=C(C)N=C(CC(=O)CCCCCCCNC(=O)NCCC[Si](C)(C)O[Si](C)(C)CCCCCCCNC(=O)NCCn2c(=O)n(CCCCCCNC(=O)NCCC[Si](C)(C)O[Si](C)(C)CCCNC(=O)NCCCCCCCC(=O)Cc3nc(C)cc(=O)[nH]3)c(=O)n(CCNC(=O)NCCC[Si](C)(C)O[Si](C)(C)CCCNC(=O)NCCCCCCCC(=O)Cc3nc(C)cc(=O)[nH]3)c2=O)N1. The Balaban J connectivity index is 1.15. The fourth-order valence-electron chi connectivity index (χ4n) is 17.3. The van der Waals surface area contributed by atoms with Crippen molar-refractivity contribution in [2.75, 3.05) is 78.5 Å². The van der Waals surface area contributed by atoms with E-state index in [0.717, 1.165) is 215 Å². The monoisotopic (exact) mass is 2060 g/mol. The van der Waals surface area contributed by atoms with Crippen LogP contribution in [0.4, 0.5) is 28.8 Å². The van der Waals surface area contributed by atoms with E-state index >= 15 is 0 Å². The van der Waals surface area contributed by atoms with Gasteiger partial charge in [-0.1, -0.05) is 103 Å². The summed E-state index contributed by atoms with van der Waals surface area (Å²) in [6, 6.07) is 6.39. The average Bonchev–Trinajstić information content (AvgIpc) is 0.782. The fourth-order valence-corrected chi connectivity index (χ4v) is 44.0. The maximum atomic E-state index is 14.1. The van der Waals surface area contributed by atoms with Crippen LogP contribution in [0, 0.1) is 13.8 Å². The van der Waals surface area contributed by atoms with Gasteiger partial charge in [0.15, 0.2) is 49.9 Å². The van der Waals surface area contributed by atoms with E-state index in [1.165, 1.54) is 12.1 Å². The van der Waals surface area contributed by atoms with Crippen LogP contribution in [-0.2, 0) is 59.2 Å². The van der Waals surface area contributed by atoms with E-state index in [1.807, 2.05) is 13.0 Å². The number of nitrogens with zero attached hydrogens (tertiary/aromatic N) is 6. The molecule has 15 N–H and O–H groups in total. The molecule has 0 atom stereocenters. The summed E-state index contributed by atoms with van der Waals surface area (Å²) >= 11 is 0. The first-order valence-corrected chi connectivity index (χ1v) is 70.5. The van der Waals surface area contributed by atoms with Crippen LogP contribution < -0.4 is 97.3 Å². The summed E-state index contributed by atoms with van der Waals surface area (Å²) in [5.41, 5.74) is -0.241. The highest BCUT2D eigenvalue weighted by Crippen LogP contribution is 2.28. The highest BCUT2D eigenvalue weighted by Gasteiger charge is 2.36. The van der Waals surface area contributed by atoms with Gasteiger partial charge in [0.2, 0.25) is 0 Å². The third-order valence-electron chi connectivity index (χ3n) is 24.0. The minimum Gasteiger partial charge on any atom is -0.455 e. The molecule has 4 rings (SSSR count). The zero-order valence-electron chi connectivity index (χ0n) is 87.7. The van der Waals surface area contributed by atoms with Crippen LogP contribution in [0.15, 0.2) is 65.1 Å². The van der Waals surface area contributed by atoms with E-state index in [-0.39, 0.29) is 98.2 Å². The number of rotatable bonds is 77. The zero-order valence-corrected chi connectivity index (χ0v) is 93.7.